The van der Waals surface area contributed by atoms with Crippen LogP contribution in [0.5, 0.6) is 0 Å². The molecule has 0 aromatic heterocycles. The van der Waals surface area contributed by atoms with E-state index in [1.54, 1.807) is 6.08 Å². The second-order valence-electron chi connectivity index (χ2n) is 9.84. The second kappa shape index (κ2) is 6.92. The summed E-state index contributed by atoms with van der Waals surface area (Å²) >= 11 is 0. The monoisotopic (exact) mass is 393 g/mol. The van der Waals surface area contributed by atoms with Crippen molar-refractivity contribution in [1.29, 1.82) is 0 Å². The molecule has 0 aromatic rings. The molecular weight excluding hydrogens is 358 g/mol. The Morgan fingerprint density at radius 2 is 2.00 bits per heavy atom. The van der Waals surface area contributed by atoms with Crippen LogP contribution in [0.3, 0.4) is 0 Å². The zero-order chi connectivity index (χ0) is 21.1. The molecule has 0 heterocycles. The molecule has 4 N–H and O–H groups in total. The summed E-state index contributed by atoms with van der Waals surface area (Å²) < 4.78 is 5.76. The molecule has 3 fully saturated rings. The Morgan fingerprint density at radius 1 is 1.36 bits per heavy atom. The summed E-state index contributed by atoms with van der Waals surface area (Å²) in [7, 11) is 0. The average molecular weight is 394 g/mol. The van der Waals surface area contributed by atoms with Crippen molar-refractivity contribution in [3.63, 3.8) is 0 Å². The molecule has 0 spiro atoms. The Bertz CT molecular complexity index is 680. The lowest BCUT2D eigenvalue weighted by atomic mass is 9.43. The molecule has 2 bridgehead atoms. The number of ketones is 1. The van der Waals surface area contributed by atoms with Gasteiger partial charge in [0.15, 0.2) is 0 Å². The van der Waals surface area contributed by atoms with Crippen molar-refractivity contribution in [3.05, 3.63) is 12.7 Å². The van der Waals surface area contributed by atoms with Gasteiger partial charge in [-0.3, -0.25) is 4.79 Å². The first-order valence-electron chi connectivity index (χ1n) is 10.4. The predicted molar refractivity (Wildman–Crippen MR) is 105 cm³/mol. The van der Waals surface area contributed by atoms with Crippen LogP contribution in [0, 0.1) is 34.0 Å². The number of carbonyl (C=O) groups excluding carboxylic acids is 2. The van der Waals surface area contributed by atoms with E-state index < -0.39 is 41.7 Å². The number of esters is 1. The van der Waals surface area contributed by atoms with Crippen LogP contribution in [0.1, 0.15) is 53.4 Å². The van der Waals surface area contributed by atoms with Crippen LogP contribution < -0.4 is 5.73 Å². The first kappa shape index (κ1) is 21.5. The summed E-state index contributed by atoms with van der Waals surface area (Å²) in [6, 6.07) is -0.755. The van der Waals surface area contributed by atoms with Gasteiger partial charge in [0.2, 0.25) is 0 Å². The van der Waals surface area contributed by atoms with Crippen molar-refractivity contribution in [2.45, 2.75) is 71.6 Å². The van der Waals surface area contributed by atoms with Gasteiger partial charge in [0.05, 0.1) is 12.1 Å². The van der Waals surface area contributed by atoms with Crippen LogP contribution in [-0.2, 0) is 14.3 Å². The van der Waals surface area contributed by atoms with Gasteiger partial charge in [-0.2, -0.15) is 0 Å². The maximum atomic E-state index is 13.2. The maximum absolute atomic E-state index is 13.2. The van der Waals surface area contributed by atoms with E-state index in [9.17, 15) is 19.8 Å². The Hall–Kier alpha value is -1.24. The van der Waals surface area contributed by atoms with Crippen LogP contribution >= 0.6 is 0 Å². The molecule has 28 heavy (non-hydrogen) atoms. The number of rotatable bonds is 3. The zero-order valence-electron chi connectivity index (χ0n) is 17.5. The van der Waals surface area contributed by atoms with E-state index in [2.05, 4.69) is 13.5 Å². The standard InChI is InChI=1S/C22H35NO5/c1-6-20(4)17(23)19(28-15(26)11-24)21(5)12(2)7-9-22(13(3)18(20)27)10-8-14(25)16(21)22/h6,12-13,16-19,24,27H,1,7-11,23H2,2-5H3/t12-,13+,16+,17-,18+,19-,20+,21-,22+/m1/s1. The first-order chi connectivity index (χ1) is 13.0. The fourth-order valence-electron chi connectivity index (χ4n) is 6.84. The van der Waals surface area contributed by atoms with E-state index in [0.717, 1.165) is 19.3 Å². The molecule has 6 heteroatoms. The van der Waals surface area contributed by atoms with Gasteiger partial charge in [0, 0.05) is 23.2 Å². The predicted octanol–water partition coefficient (Wildman–Crippen LogP) is 1.82. The third-order valence-corrected chi connectivity index (χ3v) is 8.96. The van der Waals surface area contributed by atoms with E-state index in [-0.39, 0.29) is 29.0 Å². The van der Waals surface area contributed by atoms with Crippen LogP contribution in [0.25, 0.3) is 0 Å². The van der Waals surface area contributed by atoms with Crippen molar-refractivity contribution in [2.24, 2.45) is 39.7 Å². The molecule has 3 rings (SSSR count). The van der Waals surface area contributed by atoms with Crippen LogP contribution in [0.4, 0.5) is 0 Å². The number of ether oxygens (including phenoxy) is 1. The molecular formula is C22H35NO5. The third-order valence-electron chi connectivity index (χ3n) is 8.96. The Labute approximate surface area is 167 Å². The zero-order valence-corrected chi connectivity index (χ0v) is 17.5. The lowest BCUT2D eigenvalue weighted by Gasteiger charge is -2.63. The molecule has 0 aromatic carbocycles. The molecule has 3 saturated carbocycles. The smallest absolute Gasteiger partial charge is 0.332 e. The van der Waals surface area contributed by atoms with Gasteiger partial charge in [0.25, 0.3) is 0 Å². The third kappa shape index (κ3) is 2.57. The average Bonchev–Trinajstić information content (AvgIpc) is 3.04. The van der Waals surface area contributed by atoms with Gasteiger partial charge < -0.3 is 20.7 Å². The lowest BCUT2D eigenvalue weighted by Crippen LogP contribution is -2.70. The maximum Gasteiger partial charge on any atom is 0.332 e. The van der Waals surface area contributed by atoms with Crippen LogP contribution in [-0.4, -0.2) is 46.8 Å². The normalized spacial score (nSPS) is 51.0. The summed E-state index contributed by atoms with van der Waals surface area (Å²) in [5.41, 5.74) is 4.79. The molecule has 0 radical (unpaired) electrons. The van der Waals surface area contributed by atoms with Crippen molar-refractivity contribution < 1.29 is 24.5 Å². The van der Waals surface area contributed by atoms with E-state index in [1.807, 2.05) is 20.8 Å². The van der Waals surface area contributed by atoms with Crippen LogP contribution in [0.2, 0.25) is 0 Å². The quantitative estimate of drug-likeness (QED) is 0.498. The van der Waals surface area contributed by atoms with Crippen molar-refractivity contribution in [2.75, 3.05) is 6.61 Å². The Balaban J connectivity index is 2.27. The molecule has 0 unspecified atom stereocenters. The van der Waals surface area contributed by atoms with Crippen molar-refractivity contribution in [3.8, 4) is 0 Å². The fraction of sp³-hybridized carbons (Fsp3) is 0.818. The summed E-state index contributed by atoms with van der Waals surface area (Å²) in [5.74, 6) is -0.950. The van der Waals surface area contributed by atoms with E-state index >= 15 is 0 Å². The number of aliphatic hydroxyl groups excluding tert-OH is 2. The van der Waals surface area contributed by atoms with Gasteiger partial charge in [-0.25, -0.2) is 4.79 Å². The second-order valence-corrected chi connectivity index (χ2v) is 9.84. The first-order valence-corrected chi connectivity index (χ1v) is 10.4. The highest BCUT2D eigenvalue weighted by molar-refractivity contribution is 5.85. The minimum atomic E-state index is -0.901. The van der Waals surface area contributed by atoms with Crippen molar-refractivity contribution in [1.82, 2.24) is 0 Å². The highest BCUT2D eigenvalue weighted by Gasteiger charge is 2.69. The fourth-order valence-corrected chi connectivity index (χ4v) is 6.84. The summed E-state index contributed by atoms with van der Waals surface area (Å²) in [6.45, 7) is 11.2. The number of hydrogen-bond donors (Lipinski definition) is 3. The van der Waals surface area contributed by atoms with E-state index in [4.69, 9.17) is 10.5 Å². The largest absolute Gasteiger partial charge is 0.458 e. The minimum absolute atomic E-state index is 0.103. The molecule has 6 nitrogen and oxygen atoms in total. The summed E-state index contributed by atoms with van der Waals surface area (Å²) in [6.07, 6.45) is 2.99. The highest BCUT2D eigenvalue weighted by Crippen LogP contribution is 2.67. The number of carbonyl (C=O) groups is 2. The molecule has 3 aliphatic rings. The van der Waals surface area contributed by atoms with Gasteiger partial charge in [-0.05, 0) is 36.5 Å². The highest BCUT2D eigenvalue weighted by atomic mass is 16.6. The summed E-state index contributed by atoms with van der Waals surface area (Å²) in [5, 5.41) is 20.7. The SMILES string of the molecule is C=C[C@@]1(C)[C@H](N)[C@@H](OC(=O)CO)[C@]2(C)[C@H](C)CC[C@]3(CCC(=O)[C@H]32)[C@@H](C)[C@@H]1O. The Morgan fingerprint density at radius 3 is 2.57 bits per heavy atom. The van der Waals surface area contributed by atoms with Crippen LogP contribution in [0.15, 0.2) is 12.7 Å². The van der Waals surface area contributed by atoms with Crippen molar-refractivity contribution >= 4 is 11.8 Å². The number of hydrogen-bond acceptors (Lipinski definition) is 6. The lowest BCUT2D eigenvalue weighted by molar-refractivity contribution is -0.213. The minimum Gasteiger partial charge on any atom is -0.458 e. The molecule has 3 aliphatic carbocycles. The van der Waals surface area contributed by atoms with Gasteiger partial charge >= 0.3 is 5.97 Å². The topological polar surface area (TPSA) is 110 Å². The van der Waals surface area contributed by atoms with E-state index in [1.165, 1.54) is 0 Å². The van der Waals surface area contributed by atoms with Gasteiger partial charge in [-0.15, -0.1) is 6.58 Å². The molecule has 158 valence electrons. The molecule has 0 amide bonds. The van der Waals surface area contributed by atoms with Gasteiger partial charge in [0.1, 0.15) is 18.5 Å². The number of aliphatic hydroxyl groups is 2. The van der Waals surface area contributed by atoms with Gasteiger partial charge in [-0.1, -0.05) is 33.8 Å². The molecule has 0 aliphatic heterocycles. The molecule has 0 saturated heterocycles. The Kier molecular flexibility index (Phi) is 5.31. The summed E-state index contributed by atoms with van der Waals surface area (Å²) in [4.78, 5) is 25.3. The number of Topliss-reactive ketones (excluding diaryl/α,β-unsaturated/α-hetero) is 1. The molecule has 9 atom stereocenters. The van der Waals surface area contributed by atoms with E-state index in [0.29, 0.717) is 6.42 Å². The number of nitrogens with two attached hydrogens (primary N) is 1.